The predicted octanol–water partition coefficient (Wildman–Crippen LogP) is 2.64. The van der Waals surface area contributed by atoms with Crippen LogP contribution in [0.5, 0.6) is 17.2 Å². The molecule has 1 aliphatic rings. The van der Waals surface area contributed by atoms with Crippen molar-refractivity contribution in [1.29, 1.82) is 0 Å². The number of benzene rings is 2. The van der Waals surface area contributed by atoms with E-state index in [1.165, 1.54) is 21.3 Å². The number of amides is 3. The molecule has 0 saturated heterocycles. The van der Waals surface area contributed by atoms with Crippen LogP contribution >= 0.6 is 0 Å². The Morgan fingerprint density at radius 1 is 0.963 bits per heavy atom. The molecular weight excluding hydrogens is 350 g/mol. The monoisotopic (exact) mass is 371 g/mol. The van der Waals surface area contributed by atoms with Gasteiger partial charge in [0.2, 0.25) is 5.75 Å². The summed E-state index contributed by atoms with van der Waals surface area (Å²) in [4.78, 5) is 24.3. The fraction of sp³-hybridized carbons (Fsp3) is 0.263. The van der Waals surface area contributed by atoms with Gasteiger partial charge in [-0.15, -0.1) is 0 Å². The van der Waals surface area contributed by atoms with Gasteiger partial charge in [0.15, 0.2) is 11.5 Å². The van der Waals surface area contributed by atoms with Gasteiger partial charge in [0.25, 0.3) is 5.91 Å². The number of hydrogen-bond donors (Lipinski definition) is 3. The number of rotatable bonds is 5. The second-order valence-electron chi connectivity index (χ2n) is 5.87. The molecule has 27 heavy (non-hydrogen) atoms. The standard InChI is InChI=1S/C19H21N3O5/c1-25-15-9-13(10-16(26-2)17(15)27-3)22-19(24)21-12-5-4-11-6-7-20-18(23)14(11)8-12/h4-5,8-10H,6-7H2,1-3H3,(H,20,23)(H2,21,22,24). The van der Waals surface area contributed by atoms with E-state index in [-0.39, 0.29) is 5.91 Å². The zero-order valence-corrected chi connectivity index (χ0v) is 15.3. The summed E-state index contributed by atoms with van der Waals surface area (Å²) in [5.74, 6) is 1.16. The first-order valence-corrected chi connectivity index (χ1v) is 8.35. The molecule has 1 aliphatic heterocycles. The summed E-state index contributed by atoms with van der Waals surface area (Å²) in [6, 6.07) is 8.08. The summed E-state index contributed by atoms with van der Waals surface area (Å²) < 4.78 is 15.8. The van der Waals surface area contributed by atoms with Crippen molar-refractivity contribution in [2.75, 3.05) is 38.5 Å². The van der Waals surface area contributed by atoms with Gasteiger partial charge in [-0.3, -0.25) is 4.79 Å². The van der Waals surface area contributed by atoms with Crippen LogP contribution in [0.1, 0.15) is 15.9 Å². The van der Waals surface area contributed by atoms with Gasteiger partial charge in [0.1, 0.15) is 0 Å². The van der Waals surface area contributed by atoms with Crippen LogP contribution in [0.25, 0.3) is 0 Å². The summed E-state index contributed by atoms with van der Waals surface area (Å²) in [7, 11) is 4.50. The Morgan fingerprint density at radius 3 is 2.26 bits per heavy atom. The van der Waals surface area contributed by atoms with E-state index in [4.69, 9.17) is 14.2 Å². The first-order chi connectivity index (χ1) is 13.0. The van der Waals surface area contributed by atoms with E-state index in [1.807, 2.05) is 6.07 Å². The van der Waals surface area contributed by atoms with Crippen LogP contribution in [0, 0.1) is 0 Å². The van der Waals surface area contributed by atoms with Gasteiger partial charge in [0.05, 0.1) is 27.0 Å². The lowest BCUT2D eigenvalue weighted by atomic mass is 10.00. The number of methoxy groups -OCH3 is 3. The quantitative estimate of drug-likeness (QED) is 0.751. The van der Waals surface area contributed by atoms with E-state index in [2.05, 4.69) is 16.0 Å². The minimum absolute atomic E-state index is 0.134. The zero-order chi connectivity index (χ0) is 19.4. The van der Waals surface area contributed by atoms with Crippen molar-refractivity contribution >= 4 is 23.3 Å². The minimum atomic E-state index is -0.458. The van der Waals surface area contributed by atoms with Crippen molar-refractivity contribution in [1.82, 2.24) is 5.32 Å². The molecule has 0 radical (unpaired) electrons. The van der Waals surface area contributed by atoms with Crippen molar-refractivity contribution in [3.63, 3.8) is 0 Å². The molecule has 0 atom stereocenters. The van der Waals surface area contributed by atoms with E-state index < -0.39 is 6.03 Å². The second kappa shape index (κ2) is 7.86. The molecule has 3 rings (SSSR count). The maximum atomic E-state index is 12.3. The Hall–Kier alpha value is -3.42. The van der Waals surface area contributed by atoms with Gasteiger partial charge >= 0.3 is 6.03 Å². The normalized spacial score (nSPS) is 12.5. The molecule has 3 amide bonds. The van der Waals surface area contributed by atoms with Crippen LogP contribution in [-0.2, 0) is 6.42 Å². The number of hydrogen-bond acceptors (Lipinski definition) is 5. The summed E-state index contributed by atoms with van der Waals surface area (Å²) >= 11 is 0. The largest absolute Gasteiger partial charge is 0.493 e. The molecule has 2 aromatic rings. The van der Waals surface area contributed by atoms with Gasteiger partial charge in [0, 0.05) is 29.9 Å². The summed E-state index contributed by atoms with van der Waals surface area (Å²) in [6.45, 7) is 0.625. The van der Waals surface area contributed by atoms with E-state index in [0.29, 0.717) is 40.7 Å². The molecule has 2 aromatic carbocycles. The smallest absolute Gasteiger partial charge is 0.323 e. The molecule has 3 N–H and O–H groups in total. The summed E-state index contributed by atoms with van der Waals surface area (Å²) in [5.41, 5.74) is 2.54. The molecule has 0 unspecified atom stereocenters. The SMILES string of the molecule is COc1cc(NC(=O)Nc2ccc3c(c2)C(=O)NCC3)cc(OC)c1OC. The molecule has 0 bridgehead atoms. The van der Waals surface area contributed by atoms with Gasteiger partial charge in [-0.2, -0.15) is 0 Å². The number of urea groups is 1. The van der Waals surface area contributed by atoms with Crippen molar-refractivity contribution in [3.8, 4) is 17.2 Å². The molecule has 0 fully saturated rings. The Morgan fingerprint density at radius 2 is 1.63 bits per heavy atom. The summed E-state index contributed by atoms with van der Waals surface area (Å²) in [6.07, 6.45) is 0.777. The highest BCUT2D eigenvalue weighted by molar-refractivity contribution is 6.02. The number of carbonyl (C=O) groups is 2. The lowest BCUT2D eigenvalue weighted by Crippen LogP contribution is -2.32. The Labute approximate surface area is 156 Å². The fourth-order valence-corrected chi connectivity index (χ4v) is 2.94. The van der Waals surface area contributed by atoms with Crippen LogP contribution in [0.2, 0.25) is 0 Å². The topological polar surface area (TPSA) is 97.9 Å². The molecule has 0 aliphatic carbocycles. The summed E-state index contributed by atoms with van der Waals surface area (Å²) in [5, 5.41) is 8.23. The zero-order valence-electron chi connectivity index (χ0n) is 15.3. The average Bonchev–Trinajstić information content (AvgIpc) is 2.67. The minimum Gasteiger partial charge on any atom is -0.493 e. The molecule has 8 heteroatoms. The number of fused-ring (bicyclic) bond motifs is 1. The first-order valence-electron chi connectivity index (χ1n) is 8.35. The van der Waals surface area contributed by atoms with Gasteiger partial charge in [-0.1, -0.05) is 6.07 Å². The third-order valence-electron chi connectivity index (χ3n) is 4.21. The highest BCUT2D eigenvalue weighted by atomic mass is 16.5. The highest BCUT2D eigenvalue weighted by Gasteiger charge is 2.18. The Kier molecular flexibility index (Phi) is 5.35. The molecule has 0 spiro atoms. The van der Waals surface area contributed by atoms with E-state index in [9.17, 15) is 9.59 Å². The van der Waals surface area contributed by atoms with E-state index in [0.717, 1.165) is 12.0 Å². The molecule has 1 heterocycles. The lowest BCUT2D eigenvalue weighted by molar-refractivity contribution is 0.0946. The van der Waals surface area contributed by atoms with Crippen LogP contribution < -0.4 is 30.2 Å². The average molecular weight is 371 g/mol. The number of carbonyl (C=O) groups excluding carboxylic acids is 2. The fourth-order valence-electron chi connectivity index (χ4n) is 2.94. The van der Waals surface area contributed by atoms with Crippen molar-refractivity contribution < 1.29 is 23.8 Å². The first kappa shape index (κ1) is 18.4. The van der Waals surface area contributed by atoms with Gasteiger partial charge in [-0.25, -0.2) is 4.79 Å². The Balaban J connectivity index is 1.76. The predicted molar refractivity (Wildman–Crippen MR) is 101 cm³/mol. The third kappa shape index (κ3) is 3.89. The maximum absolute atomic E-state index is 12.3. The second-order valence-corrected chi connectivity index (χ2v) is 5.87. The molecule has 0 saturated carbocycles. The number of anilines is 2. The number of nitrogens with one attached hydrogen (secondary N) is 3. The molecule has 0 aromatic heterocycles. The van der Waals surface area contributed by atoms with Gasteiger partial charge in [-0.05, 0) is 24.1 Å². The van der Waals surface area contributed by atoms with Crippen LogP contribution in [0.4, 0.5) is 16.2 Å². The van der Waals surface area contributed by atoms with E-state index >= 15 is 0 Å². The van der Waals surface area contributed by atoms with Crippen LogP contribution in [0.3, 0.4) is 0 Å². The molecule has 142 valence electrons. The highest BCUT2D eigenvalue weighted by Crippen LogP contribution is 2.39. The Bertz CT molecular complexity index is 857. The van der Waals surface area contributed by atoms with Crippen LogP contribution in [-0.4, -0.2) is 39.8 Å². The van der Waals surface area contributed by atoms with Crippen molar-refractivity contribution in [2.24, 2.45) is 0 Å². The van der Waals surface area contributed by atoms with Crippen molar-refractivity contribution in [3.05, 3.63) is 41.5 Å². The van der Waals surface area contributed by atoms with Crippen molar-refractivity contribution in [2.45, 2.75) is 6.42 Å². The number of ether oxygens (including phenoxy) is 3. The van der Waals surface area contributed by atoms with E-state index in [1.54, 1.807) is 24.3 Å². The lowest BCUT2D eigenvalue weighted by Gasteiger charge is -2.18. The van der Waals surface area contributed by atoms with Gasteiger partial charge < -0.3 is 30.2 Å². The third-order valence-corrected chi connectivity index (χ3v) is 4.21. The van der Waals surface area contributed by atoms with Crippen LogP contribution in [0.15, 0.2) is 30.3 Å². The maximum Gasteiger partial charge on any atom is 0.323 e. The molecule has 8 nitrogen and oxygen atoms in total. The molecular formula is C19H21N3O5.